The highest BCUT2D eigenvalue weighted by Gasteiger charge is 2.20. The van der Waals surface area contributed by atoms with Crippen LogP contribution in [-0.4, -0.2) is 42.3 Å². The third-order valence-electron chi connectivity index (χ3n) is 3.84. The van der Waals surface area contributed by atoms with Gasteiger partial charge < -0.3 is 15.5 Å². The van der Waals surface area contributed by atoms with Crippen molar-refractivity contribution in [3.63, 3.8) is 0 Å². The van der Waals surface area contributed by atoms with Crippen LogP contribution in [-0.2, 0) is 16.1 Å². The minimum Gasteiger partial charge on any atom is -0.352 e. The van der Waals surface area contributed by atoms with Gasteiger partial charge in [0.2, 0.25) is 11.8 Å². The second-order valence-corrected chi connectivity index (χ2v) is 6.88. The minimum absolute atomic E-state index is 0.0223. The summed E-state index contributed by atoms with van der Waals surface area (Å²) in [6.45, 7) is 10.9. The Morgan fingerprint density at radius 1 is 1.04 bits per heavy atom. The van der Waals surface area contributed by atoms with Gasteiger partial charge in [-0.2, -0.15) is 0 Å². The van der Waals surface area contributed by atoms with Crippen molar-refractivity contribution in [2.24, 2.45) is 5.41 Å². The van der Waals surface area contributed by atoms with Crippen molar-refractivity contribution >= 4 is 17.7 Å². The van der Waals surface area contributed by atoms with Crippen LogP contribution >= 0.6 is 0 Å². The van der Waals surface area contributed by atoms with Gasteiger partial charge in [-0.1, -0.05) is 32.9 Å². The topological polar surface area (TPSA) is 78.5 Å². The molecule has 0 aliphatic heterocycles. The Morgan fingerprint density at radius 2 is 1.68 bits per heavy atom. The van der Waals surface area contributed by atoms with E-state index < -0.39 is 5.41 Å². The first kappa shape index (κ1) is 20.7. The van der Waals surface area contributed by atoms with Crippen LogP contribution in [0.3, 0.4) is 0 Å². The van der Waals surface area contributed by atoms with E-state index in [9.17, 15) is 14.4 Å². The summed E-state index contributed by atoms with van der Waals surface area (Å²) in [4.78, 5) is 37.8. The molecule has 25 heavy (non-hydrogen) atoms. The summed E-state index contributed by atoms with van der Waals surface area (Å²) in [5.74, 6) is -0.455. The fraction of sp³-hybridized carbons (Fsp3) is 0.526. The monoisotopic (exact) mass is 347 g/mol. The molecule has 0 atom stereocenters. The average molecular weight is 347 g/mol. The van der Waals surface area contributed by atoms with E-state index in [0.717, 1.165) is 5.56 Å². The van der Waals surface area contributed by atoms with E-state index in [1.54, 1.807) is 23.1 Å². The smallest absolute Gasteiger partial charge is 0.251 e. The highest BCUT2D eigenvalue weighted by atomic mass is 16.2. The van der Waals surface area contributed by atoms with Crippen molar-refractivity contribution in [3.05, 3.63) is 35.4 Å². The Balaban J connectivity index is 2.63. The molecular weight excluding hydrogens is 318 g/mol. The van der Waals surface area contributed by atoms with Gasteiger partial charge in [-0.25, -0.2) is 0 Å². The normalized spacial score (nSPS) is 10.9. The van der Waals surface area contributed by atoms with E-state index in [2.05, 4.69) is 10.6 Å². The number of carbonyl (C=O) groups is 3. The van der Waals surface area contributed by atoms with Crippen LogP contribution in [0.1, 0.15) is 50.5 Å². The van der Waals surface area contributed by atoms with Gasteiger partial charge in [0.05, 0.1) is 6.54 Å². The first-order chi connectivity index (χ1) is 11.7. The number of benzene rings is 1. The van der Waals surface area contributed by atoms with E-state index in [1.807, 2.05) is 40.7 Å². The highest BCUT2D eigenvalue weighted by Crippen LogP contribution is 2.13. The molecule has 0 radical (unpaired) electrons. The quantitative estimate of drug-likeness (QED) is 0.791. The lowest BCUT2D eigenvalue weighted by molar-refractivity contribution is -0.130. The number of amides is 3. The van der Waals surface area contributed by atoms with Gasteiger partial charge in [0.25, 0.3) is 5.91 Å². The van der Waals surface area contributed by atoms with Crippen molar-refractivity contribution in [1.82, 2.24) is 15.5 Å². The van der Waals surface area contributed by atoms with Gasteiger partial charge in [0.1, 0.15) is 0 Å². The van der Waals surface area contributed by atoms with Crippen LogP contribution in [0, 0.1) is 5.41 Å². The summed E-state index contributed by atoms with van der Waals surface area (Å²) in [7, 11) is 0. The zero-order chi connectivity index (χ0) is 19.0. The van der Waals surface area contributed by atoms with Gasteiger partial charge in [0.15, 0.2) is 0 Å². The van der Waals surface area contributed by atoms with Gasteiger partial charge >= 0.3 is 0 Å². The molecule has 6 heteroatoms. The molecule has 0 saturated carbocycles. The van der Waals surface area contributed by atoms with Crippen molar-refractivity contribution < 1.29 is 14.4 Å². The Morgan fingerprint density at radius 3 is 2.24 bits per heavy atom. The second kappa shape index (κ2) is 9.20. The maximum atomic E-state index is 12.2. The summed E-state index contributed by atoms with van der Waals surface area (Å²) < 4.78 is 0. The molecule has 0 saturated heterocycles. The molecule has 0 aliphatic rings. The van der Waals surface area contributed by atoms with Gasteiger partial charge in [0, 0.05) is 30.6 Å². The number of nitrogens with zero attached hydrogens (tertiary/aromatic N) is 1. The summed E-state index contributed by atoms with van der Waals surface area (Å²) in [5, 5.41) is 5.50. The summed E-state index contributed by atoms with van der Waals surface area (Å²) in [5.41, 5.74) is 0.843. The van der Waals surface area contributed by atoms with Gasteiger partial charge in [-0.15, -0.1) is 0 Å². The van der Waals surface area contributed by atoms with Crippen LogP contribution in [0.2, 0.25) is 0 Å². The van der Waals surface area contributed by atoms with Crippen molar-refractivity contribution in [2.45, 2.75) is 41.2 Å². The van der Waals surface area contributed by atoms with Gasteiger partial charge in [-0.3, -0.25) is 14.4 Å². The maximum Gasteiger partial charge on any atom is 0.251 e. The SMILES string of the molecule is CCN(CC)C(=O)CNC(=O)c1cccc(CNC(=O)C(C)(C)C)c1. The number of hydrogen-bond acceptors (Lipinski definition) is 3. The molecule has 0 heterocycles. The third-order valence-corrected chi connectivity index (χ3v) is 3.84. The fourth-order valence-corrected chi connectivity index (χ4v) is 2.22. The molecule has 1 aromatic carbocycles. The van der Waals surface area contributed by atoms with Crippen molar-refractivity contribution in [3.8, 4) is 0 Å². The van der Waals surface area contributed by atoms with Crippen LogP contribution in [0.15, 0.2) is 24.3 Å². The Kier molecular flexibility index (Phi) is 7.61. The second-order valence-electron chi connectivity index (χ2n) is 6.88. The number of hydrogen-bond donors (Lipinski definition) is 2. The lowest BCUT2D eigenvalue weighted by atomic mass is 9.95. The predicted molar refractivity (Wildman–Crippen MR) is 98.0 cm³/mol. The van der Waals surface area contributed by atoms with Crippen LogP contribution in [0.4, 0.5) is 0 Å². The summed E-state index contributed by atoms with van der Waals surface area (Å²) in [6.07, 6.45) is 0. The molecule has 0 aromatic heterocycles. The predicted octanol–water partition coefficient (Wildman–Crippen LogP) is 1.95. The molecular formula is C19H29N3O3. The van der Waals surface area contributed by atoms with Crippen molar-refractivity contribution in [2.75, 3.05) is 19.6 Å². The van der Waals surface area contributed by atoms with Crippen molar-refractivity contribution in [1.29, 1.82) is 0 Å². The molecule has 0 aliphatic carbocycles. The summed E-state index contributed by atoms with van der Waals surface area (Å²) >= 11 is 0. The Bertz CT molecular complexity index is 617. The molecule has 1 rings (SSSR count). The molecule has 0 unspecified atom stereocenters. The number of carbonyl (C=O) groups excluding carboxylic acids is 3. The van der Waals surface area contributed by atoms with Crippen LogP contribution in [0.25, 0.3) is 0 Å². The van der Waals surface area contributed by atoms with E-state index in [4.69, 9.17) is 0 Å². The molecule has 3 amide bonds. The molecule has 0 spiro atoms. The fourth-order valence-electron chi connectivity index (χ4n) is 2.22. The number of nitrogens with one attached hydrogen (secondary N) is 2. The van der Waals surface area contributed by atoms with E-state index in [1.165, 1.54) is 0 Å². The largest absolute Gasteiger partial charge is 0.352 e. The number of likely N-dealkylation sites (N-methyl/N-ethyl adjacent to an activating group) is 1. The lowest BCUT2D eigenvalue weighted by Gasteiger charge is -2.19. The zero-order valence-electron chi connectivity index (χ0n) is 15.8. The van der Waals surface area contributed by atoms with E-state index >= 15 is 0 Å². The molecule has 0 fully saturated rings. The molecule has 6 nitrogen and oxygen atoms in total. The molecule has 0 bridgehead atoms. The first-order valence-electron chi connectivity index (χ1n) is 8.62. The lowest BCUT2D eigenvalue weighted by Crippen LogP contribution is -2.40. The minimum atomic E-state index is -0.459. The van der Waals surface area contributed by atoms with Crippen LogP contribution < -0.4 is 10.6 Å². The third kappa shape index (κ3) is 6.57. The Hall–Kier alpha value is -2.37. The van der Waals surface area contributed by atoms with E-state index in [-0.39, 0.29) is 24.3 Å². The maximum absolute atomic E-state index is 12.2. The molecule has 1 aromatic rings. The Labute approximate surface area is 150 Å². The molecule has 138 valence electrons. The van der Waals surface area contributed by atoms with Crippen LogP contribution in [0.5, 0.6) is 0 Å². The average Bonchev–Trinajstić information content (AvgIpc) is 2.58. The number of rotatable bonds is 7. The first-order valence-corrected chi connectivity index (χ1v) is 8.62. The molecule has 2 N–H and O–H groups in total. The summed E-state index contributed by atoms with van der Waals surface area (Å²) in [6, 6.07) is 7.02. The zero-order valence-corrected chi connectivity index (χ0v) is 15.8. The van der Waals surface area contributed by atoms with E-state index in [0.29, 0.717) is 25.2 Å². The standard InChI is InChI=1S/C19H29N3O3/c1-6-22(7-2)16(23)13-20-17(24)15-10-8-9-14(11-15)12-21-18(25)19(3,4)5/h8-11H,6-7,12-13H2,1-5H3,(H,20,24)(H,21,25). The van der Waals surface area contributed by atoms with Gasteiger partial charge in [-0.05, 0) is 31.5 Å². The highest BCUT2D eigenvalue weighted by molar-refractivity contribution is 5.96.